The molecule has 2 heteroatoms. The molecule has 2 aliphatic carbocycles. The van der Waals surface area contributed by atoms with Gasteiger partial charge in [-0.3, -0.25) is 0 Å². The van der Waals surface area contributed by atoms with Crippen LogP contribution in [0.2, 0.25) is 0 Å². The van der Waals surface area contributed by atoms with Crippen molar-refractivity contribution in [2.24, 2.45) is 11.1 Å². The normalized spacial score (nSPS) is 32.5. The Balaban J connectivity index is 1.97. The summed E-state index contributed by atoms with van der Waals surface area (Å²) < 4.78 is 0. The largest absolute Gasteiger partial charge is 0.327 e. The number of aryl methyl sites for hydroxylation is 1. The summed E-state index contributed by atoms with van der Waals surface area (Å²) in [5.41, 5.74) is 9.77. The molecule has 1 saturated carbocycles. The van der Waals surface area contributed by atoms with Crippen molar-refractivity contribution in [3.63, 3.8) is 0 Å². The van der Waals surface area contributed by atoms with Crippen LogP contribution < -0.4 is 5.73 Å². The van der Waals surface area contributed by atoms with Crippen LogP contribution >= 0.6 is 11.3 Å². The number of thiophene rings is 1. The van der Waals surface area contributed by atoms with Gasteiger partial charge in [0.15, 0.2) is 0 Å². The Morgan fingerprint density at radius 2 is 2.00 bits per heavy atom. The van der Waals surface area contributed by atoms with Crippen LogP contribution in [0.4, 0.5) is 0 Å². The third-order valence-corrected chi connectivity index (χ3v) is 5.45. The van der Waals surface area contributed by atoms with Crippen LogP contribution in [0.3, 0.4) is 0 Å². The summed E-state index contributed by atoms with van der Waals surface area (Å²) in [6.45, 7) is 4.60. The summed E-state index contributed by atoms with van der Waals surface area (Å²) in [6, 6.07) is 0.387. The van der Waals surface area contributed by atoms with E-state index in [0.29, 0.717) is 17.4 Å². The van der Waals surface area contributed by atoms with Crippen LogP contribution in [-0.2, 0) is 12.8 Å². The Hall–Kier alpha value is -0.340. The first-order valence-corrected chi connectivity index (χ1v) is 6.85. The van der Waals surface area contributed by atoms with Gasteiger partial charge in [-0.2, -0.15) is 0 Å². The molecular weight excluding hydrogens is 202 g/mol. The van der Waals surface area contributed by atoms with Gasteiger partial charge < -0.3 is 5.73 Å². The zero-order valence-electron chi connectivity index (χ0n) is 9.55. The fourth-order valence-electron chi connectivity index (χ4n) is 3.05. The molecule has 15 heavy (non-hydrogen) atoms. The van der Waals surface area contributed by atoms with Gasteiger partial charge in [0.2, 0.25) is 0 Å². The predicted octanol–water partition coefficient (Wildman–Crippen LogP) is 3.08. The fourth-order valence-corrected chi connectivity index (χ4v) is 4.23. The molecule has 2 N–H and O–H groups in total. The number of rotatable bonds is 1. The molecule has 1 aromatic heterocycles. The van der Waals surface area contributed by atoms with Crippen LogP contribution in [0, 0.1) is 5.41 Å². The van der Waals surface area contributed by atoms with E-state index in [9.17, 15) is 0 Å². The van der Waals surface area contributed by atoms with Gasteiger partial charge in [-0.15, -0.1) is 11.3 Å². The van der Waals surface area contributed by atoms with Gasteiger partial charge in [-0.1, -0.05) is 13.8 Å². The van der Waals surface area contributed by atoms with Gasteiger partial charge >= 0.3 is 0 Å². The van der Waals surface area contributed by atoms with Gasteiger partial charge in [0.05, 0.1) is 0 Å². The molecule has 3 rings (SSSR count). The molecule has 0 radical (unpaired) electrons. The van der Waals surface area contributed by atoms with Crippen molar-refractivity contribution in [2.75, 3.05) is 0 Å². The minimum Gasteiger partial charge on any atom is -0.327 e. The third-order valence-electron chi connectivity index (χ3n) is 4.34. The molecule has 1 nitrogen and oxygen atoms in total. The first-order chi connectivity index (χ1) is 7.12. The molecule has 1 fully saturated rings. The Morgan fingerprint density at radius 3 is 2.67 bits per heavy atom. The molecule has 2 unspecified atom stereocenters. The second-order valence-corrected chi connectivity index (χ2v) is 6.59. The summed E-state index contributed by atoms with van der Waals surface area (Å²) in [4.78, 5) is 1.64. The number of nitrogens with two attached hydrogens (primary N) is 1. The molecule has 0 aliphatic heterocycles. The van der Waals surface area contributed by atoms with Crippen molar-refractivity contribution in [3.8, 4) is 0 Å². The van der Waals surface area contributed by atoms with Gasteiger partial charge in [0.1, 0.15) is 0 Å². The predicted molar refractivity (Wildman–Crippen MR) is 65.5 cm³/mol. The van der Waals surface area contributed by atoms with Crippen molar-refractivity contribution >= 4 is 11.3 Å². The molecule has 0 bridgehead atoms. The molecule has 0 saturated heterocycles. The summed E-state index contributed by atoms with van der Waals surface area (Å²) in [5, 5.41) is 2.38. The maximum absolute atomic E-state index is 6.17. The average molecular weight is 221 g/mol. The average Bonchev–Trinajstić information content (AvgIpc) is 2.63. The Kier molecular flexibility index (Phi) is 2.02. The van der Waals surface area contributed by atoms with Crippen LogP contribution in [0.1, 0.15) is 48.6 Å². The number of hydrogen-bond donors (Lipinski definition) is 1. The molecule has 1 aromatic rings. The fraction of sp³-hybridized carbons (Fsp3) is 0.692. The highest BCUT2D eigenvalue weighted by molar-refractivity contribution is 7.10. The van der Waals surface area contributed by atoms with E-state index in [1.54, 1.807) is 16.0 Å². The molecular formula is C13H19NS. The lowest BCUT2D eigenvalue weighted by atomic mass is 9.92. The SMILES string of the molecule is CC1(C)C(N)C1c1csc2c1CCCC2. The quantitative estimate of drug-likeness (QED) is 0.775. The summed E-state index contributed by atoms with van der Waals surface area (Å²) in [6.07, 6.45) is 5.36. The Bertz CT molecular complexity index is 391. The Morgan fingerprint density at radius 1 is 1.33 bits per heavy atom. The van der Waals surface area contributed by atoms with Gasteiger partial charge in [-0.05, 0) is 47.6 Å². The van der Waals surface area contributed by atoms with Crippen LogP contribution in [0.25, 0.3) is 0 Å². The molecule has 1 heterocycles. The lowest BCUT2D eigenvalue weighted by molar-refractivity contribution is 0.596. The van der Waals surface area contributed by atoms with Crippen molar-refractivity contribution < 1.29 is 0 Å². The van der Waals surface area contributed by atoms with E-state index in [1.807, 2.05) is 11.3 Å². The van der Waals surface area contributed by atoms with Crippen molar-refractivity contribution in [3.05, 3.63) is 21.4 Å². The Labute approximate surface area is 95.7 Å². The van der Waals surface area contributed by atoms with Gasteiger partial charge in [0, 0.05) is 16.8 Å². The zero-order valence-corrected chi connectivity index (χ0v) is 10.4. The molecule has 0 aromatic carbocycles. The second-order valence-electron chi connectivity index (χ2n) is 5.62. The standard InChI is InChI=1S/C13H19NS/c1-13(2)11(12(13)14)9-7-15-10-6-4-3-5-8(9)10/h7,11-12H,3-6,14H2,1-2H3. The zero-order chi connectivity index (χ0) is 10.6. The number of hydrogen-bond acceptors (Lipinski definition) is 2. The molecule has 2 atom stereocenters. The highest BCUT2D eigenvalue weighted by Gasteiger charge is 2.57. The van der Waals surface area contributed by atoms with Crippen molar-refractivity contribution in [2.45, 2.75) is 51.5 Å². The van der Waals surface area contributed by atoms with Gasteiger partial charge in [-0.25, -0.2) is 0 Å². The maximum Gasteiger partial charge on any atom is 0.0172 e. The highest BCUT2D eigenvalue weighted by Crippen LogP contribution is 2.59. The summed E-state index contributed by atoms with van der Waals surface area (Å²) >= 11 is 1.97. The third kappa shape index (κ3) is 1.31. The van der Waals surface area contributed by atoms with E-state index in [2.05, 4.69) is 19.2 Å². The minimum absolute atomic E-state index is 0.340. The number of fused-ring (bicyclic) bond motifs is 1. The molecule has 0 spiro atoms. The topological polar surface area (TPSA) is 26.0 Å². The first-order valence-electron chi connectivity index (χ1n) is 5.97. The van der Waals surface area contributed by atoms with Crippen LogP contribution in [-0.4, -0.2) is 6.04 Å². The van der Waals surface area contributed by atoms with E-state index in [4.69, 9.17) is 5.73 Å². The van der Waals surface area contributed by atoms with Crippen LogP contribution in [0.15, 0.2) is 5.38 Å². The summed E-state index contributed by atoms with van der Waals surface area (Å²) in [7, 11) is 0. The van der Waals surface area contributed by atoms with E-state index in [1.165, 1.54) is 25.7 Å². The van der Waals surface area contributed by atoms with E-state index >= 15 is 0 Å². The van der Waals surface area contributed by atoms with E-state index < -0.39 is 0 Å². The van der Waals surface area contributed by atoms with Crippen LogP contribution in [0.5, 0.6) is 0 Å². The summed E-state index contributed by atoms with van der Waals surface area (Å²) in [5.74, 6) is 0.635. The first kappa shape index (κ1) is 9.86. The van der Waals surface area contributed by atoms with Crippen molar-refractivity contribution in [1.82, 2.24) is 0 Å². The smallest absolute Gasteiger partial charge is 0.0172 e. The van der Waals surface area contributed by atoms with E-state index in [0.717, 1.165) is 0 Å². The lowest BCUT2D eigenvalue weighted by Gasteiger charge is -2.13. The molecule has 82 valence electrons. The second kappa shape index (κ2) is 3.08. The molecule has 0 amide bonds. The minimum atomic E-state index is 0.340. The lowest BCUT2D eigenvalue weighted by Crippen LogP contribution is -2.06. The van der Waals surface area contributed by atoms with Crippen molar-refractivity contribution in [1.29, 1.82) is 0 Å². The maximum atomic E-state index is 6.17. The monoisotopic (exact) mass is 221 g/mol. The highest BCUT2D eigenvalue weighted by atomic mass is 32.1. The van der Waals surface area contributed by atoms with E-state index in [-0.39, 0.29) is 0 Å². The van der Waals surface area contributed by atoms with Gasteiger partial charge in [0.25, 0.3) is 0 Å². The molecule has 2 aliphatic rings.